The van der Waals surface area contributed by atoms with E-state index in [2.05, 4.69) is 16.1 Å². The van der Waals surface area contributed by atoms with Gasteiger partial charge in [0.15, 0.2) is 5.25 Å². The first-order valence-electron chi connectivity index (χ1n) is 10.4. The molecule has 9 heteroatoms. The van der Waals surface area contributed by atoms with E-state index in [1.54, 1.807) is 50.2 Å². The van der Waals surface area contributed by atoms with Crippen LogP contribution in [0.1, 0.15) is 34.6 Å². The molecule has 3 N–H and O–H groups in total. The van der Waals surface area contributed by atoms with Crippen molar-refractivity contribution in [3.05, 3.63) is 87.0 Å². The lowest BCUT2D eigenvalue weighted by atomic mass is 10.1. The van der Waals surface area contributed by atoms with Crippen molar-refractivity contribution in [1.82, 2.24) is 4.57 Å². The number of nitrogens with one attached hydrogen (secondary N) is 2. The topological polar surface area (TPSA) is 107 Å². The number of nitrogens with zero attached hydrogens (tertiary/aromatic N) is 2. The molecule has 2 aromatic carbocycles. The third kappa shape index (κ3) is 4.53. The molecule has 0 aliphatic heterocycles. The molecule has 33 heavy (non-hydrogen) atoms. The summed E-state index contributed by atoms with van der Waals surface area (Å²) in [6, 6.07) is 15.2. The molecule has 3 aromatic rings. The molecule has 0 amide bonds. The van der Waals surface area contributed by atoms with Gasteiger partial charge in [-0.3, -0.25) is 9.36 Å². The number of anilines is 3. The van der Waals surface area contributed by atoms with Gasteiger partial charge in [-0.05, 0) is 59.5 Å². The average molecular weight is 468 g/mol. The molecule has 1 fully saturated rings. The van der Waals surface area contributed by atoms with Crippen molar-refractivity contribution in [2.45, 2.75) is 31.4 Å². The summed E-state index contributed by atoms with van der Waals surface area (Å²) in [6.45, 7) is 3.38. The van der Waals surface area contributed by atoms with Crippen LogP contribution in [0.25, 0.3) is 0 Å². The SMILES string of the molecule is Cc1ccc(Nc2c(N[S+](=O)(O)C3CC3c3ccc(C#N)cc3)cc(C)c(=O)n2C)c(F)c1. The average Bonchev–Trinajstić information content (AvgIpc) is 3.58. The maximum Gasteiger partial charge on any atom is 0.314 e. The largest absolute Gasteiger partial charge is 0.337 e. The Balaban J connectivity index is 1.63. The number of nitriles is 1. The molecular weight excluding hydrogens is 443 g/mol. The second kappa shape index (κ2) is 8.46. The van der Waals surface area contributed by atoms with Gasteiger partial charge in [0.05, 0.1) is 17.3 Å². The molecule has 3 atom stereocenters. The molecule has 7 nitrogen and oxygen atoms in total. The van der Waals surface area contributed by atoms with Crippen molar-refractivity contribution in [1.29, 1.82) is 5.26 Å². The normalized spacial score (nSPS) is 18.8. The Morgan fingerprint density at radius 1 is 1.15 bits per heavy atom. The predicted octanol–water partition coefficient (Wildman–Crippen LogP) is 4.61. The summed E-state index contributed by atoms with van der Waals surface area (Å²) in [5.74, 6) is -0.435. The molecule has 1 aliphatic rings. The Labute approximate surface area is 192 Å². The highest BCUT2D eigenvalue weighted by atomic mass is 32.3. The number of benzene rings is 2. The molecular formula is C24H24FN4O3S+. The van der Waals surface area contributed by atoms with Gasteiger partial charge in [-0.2, -0.15) is 14.5 Å². The van der Waals surface area contributed by atoms with Crippen LogP contribution in [0.4, 0.5) is 21.6 Å². The lowest BCUT2D eigenvalue weighted by Gasteiger charge is -2.18. The van der Waals surface area contributed by atoms with Gasteiger partial charge in [-0.1, -0.05) is 18.2 Å². The number of hydrogen-bond acceptors (Lipinski definition) is 4. The van der Waals surface area contributed by atoms with Gasteiger partial charge in [0.1, 0.15) is 17.3 Å². The number of aromatic nitrogens is 1. The van der Waals surface area contributed by atoms with Gasteiger partial charge in [-0.25, -0.2) is 4.39 Å². The summed E-state index contributed by atoms with van der Waals surface area (Å²) < 4.78 is 42.6. The summed E-state index contributed by atoms with van der Waals surface area (Å²) >= 11 is 0. The number of rotatable bonds is 6. The van der Waals surface area contributed by atoms with E-state index in [1.807, 2.05) is 0 Å². The van der Waals surface area contributed by atoms with Gasteiger partial charge >= 0.3 is 10.4 Å². The van der Waals surface area contributed by atoms with E-state index in [0.717, 1.165) is 11.1 Å². The van der Waals surface area contributed by atoms with Crippen molar-refractivity contribution in [3.8, 4) is 6.07 Å². The van der Waals surface area contributed by atoms with Crippen LogP contribution in [0, 0.1) is 31.0 Å². The third-order valence-corrected chi connectivity index (χ3v) is 7.69. The van der Waals surface area contributed by atoms with Crippen LogP contribution in [0.15, 0.2) is 53.3 Å². The molecule has 1 aliphatic carbocycles. The fourth-order valence-electron chi connectivity index (χ4n) is 3.89. The Kier molecular flexibility index (Phi) is 5.82. The van der Waals surface area contributed by atoms with Crippen LogP contribution in [0.2, 0.25) is 0 Å². The standard InChI is InChI=1S/C24H23FN4O3S/c1-14-4-9-20(19(25)10-14)27-23-21(11-15(2)24(30)29(23)3)28-33(31,32)22-12-18(22)17-7-5-16(13-26)6-8-17/h4-11,18,22H,12H2,1-3H3,(H2-,27,28,30,31,32)/p+1. The summed E-state index contributed by atoms with van der Waals surface area (Å²) in [5, 5.41) is 11.3. The molecule has 1 heterocycles. The van der Waals surface area contributed by atoms with Crippen molar-refractivity contribution in [3.63, 3.8) is 0 Å². The van der Waals surface area contributed by atoms with Crippen molar-refractivity contribution >= 4 is 27.6 Å². The van der Waals surface area contributed by atoms with E-state index in [-0.39, 0.29) is 28.7 Å². The monoisotopic (exact) mass is 467 g/mol. The zero-order valence-corrected chi connectivity index (χ0v) is 19.2. The number of aryl methyl sites for hydroxylation is 2. The molecule has 170 valence electrons. The number of hydrogen-bond donors (Lipinski definition) is 3. The van der Waals surface area contributed by atoms with Crippen LogP contribution < -0.4 is 15.6 Å². The Hall–Kier alpha value is -3.48. The molecule has 1 saturated carbocycles. The summed E-state index contributed by atoms with van der Waals surface area (Å²) in [7, 11) is -2.03. The first-order valence-corrected chi connectivity index (χ1v) is 12.0. The fourth-order valence-corrected chi connectivity index (χ4v) is 5.58. The van der Waals surface area contributed by atoms with Gasteiger partial charge in [0, 0.05) is 24.9 Å². The van der Waals surface area contributed by atoms with E-state index in [9.17, 15) is 17.9 Å². The Morgan fingerprint density at radius 3 is 2.48 bits per heavy atom. The quantitative estimate of drug-likeness (QED) is 0.459. The van der Waals surface area contributed by atoms with E-state index in [4.69, 9.17) is 5.26 Å². The molecule has 4 rings (SSSR count). The highest BCUT2D eigenvalue weighted by Gasteiger charge is 2.57. The minimum absolute atomic E-state index is 0.123. The lowest BCUT2D eigenvalue weighted by molar-refractivity contribution is 0.500. The maximum atomic E-state index is 14.5. The molecule has 0 radical (unpaired) electrons. The summed E-state index contributed by atoms with van der Waals surface area (Å²) in [6.07, 6.45) is 0.508. The van der Waals surface area contributed by atoms with E-state index in [0.29, 0.717) is 17.5 Å². The van der Waals surface area contributed by atoms with Gasteiger partial charge in [0.2, 0.25) is 0 Å². The Morgan fingerprint density at radius 2 is 1.85 bits per heavy atom. The maximum absolute atomic E-state index is 14.5. The van der Waals surface area contributed by atoms with Crippen LogP contribution in [-0.2, 0) is 21.7 Å². The van der Waals surface area contributed by atoms with Gasteiger partial charge in [-0.15, -0.1) is 0 Å². The highest BCUT2D eigenvalue weighted by molar-refractivity contribution is 7.99. The Bertz CT molecular complexity index is 1380. The van der Waals surface area contributed by atoms with Gasteiger partial charge in [0.25, 0.3) is 5.56 Å². The zero-order valence-electron chi connectivity index (χ0n) is 18.4. The molecule has 0 spiro atoms. The predicted molar refractivity (Wildman–Crippen MR) is 127 cm³/mol. The van der Waals surface area contributed by atoms with Gasteiger partial charge < -0.3 is 5.32 Å². The summed E-state index contributed by atoms with van der Waals surface area (Å²) in [5.41, 5.74) is 2.61. The van der Waals surface area contributed by atoms with Crippen LogP contribution in [0.3, 0.4) is 0 Å². The van der Waals surface area contributed by atoms with Crippen molar-refractivity contribution in [2.75, 3.05) is 10.0 Å². The molecule has 3 unspecified atom stereocenters. The summed E-state index contributed by atoms with van der Waals surface area (Å²) in [4.78, 5) is 12.5. The third-order valence-electron chi connectivity index (χ3n) is 5.84. The van der Waals surface area contributed by atoms with E-state index < -0.39 is 21.5 Å². The first kappa shape index (κ1) is 22.7. The minimum Gasteiger partial charge on any atom is -0.337 e. The second-order valence-electron chi connectivity index (χ2n) is 8.35. The molecule has 1 aromatic heterocycles. The second-order valence-corrected chi connectivity index (χ2v) is 10.3. The first-order chi connectivity index (χ1) is 15.6. The van der Waals surface area contributed by atoms with Crippen molar-refractivity contribution in [2.24, 2.45) is 7.05 Å². The smallest absolute Gasteiger partial charge is 0.314 e. The number of pyridine rings is 1. The minimum atomic E-state index is -3.55. The van der Waals surface area contributed by atoms with Crippen LogP contribution in [0.5, 0.6) is 0 Å². The van der Waals surface area contributed by atoms with Crippen LogP contribution >= 0.6 is 0 Å². The fraction of sp³-hybridized carbons (Fsp3) is 0.250. The lowest BCUT2D eigenvalue weighted by Crippen LogP contribution is -2.29. The number of halogens is 1. The molecule has 0 saturated heterocycles. The molecule has 0 bridgehead atoms. The van der Waals surface area contributed by atoms with Crippen molar-refractivity contribution < 1.29 is 13.2 Å². The zero-order chi connectivity index (χ0) is 23.9. The van der Waals surface area contributed by atoms with Crippen LogP contribution in [-0.4, -0.2) is 14.4 Å². The highest BCUT2D eigenvalue weighted by Crippen LogP contribution is 2.48. The van der Waals surface area contributed by atoms with E-state index >= 15 is 0 Å². The van der Waals surface area contributed by atoms with E-state index in [1.165, 1.54) is 23.7 Å².